The number of nitrogens with two attached hydrogens (primary N) is 1. The second-order valence-electron chi connectivity index (χ2n) is 7.06. The molecule has 0 aliphatic rings. The lowest BCUT2D eigenvalue weighted by Crippen LogP contribution is -2.39. The quantitative estimate of drug-likeness (QED) is 0.299. The predicted molar refractivity (Wildman–Crippen MR) is 114 cm³/mol. The van der Waals surface area contributed by atoms with Crippen molar-refractivity contribution >= 4 is 21.8 Å². The number of nitrogens with one attached hydrogen (secondary N) is 2. The molecule has 0 radical (unpaired) electrons. The van der Waals surface area contributed by atoms with E-state index in [4.69, 9.17) is 20.6 Å². The Kier molecular flexibility index (Phi) is 7.58. The summed E-state index contributed by atoms with van der Waals surface area (Å²) < 4.78 is 38.0. The van der Waals surface area contributed by atoms with Gasteiger partial charge >= 0.3 is 5.97 Å². The summed E-state index contributed by atoms with van der Waals surface area (Å²) >= 11 is 0. The number of hydrogen-bond donors (Lipinski definition) is 3. The number of carbonyl (C=O) groups excluding carboxylic acids is 1. The highest BCUT2D eigenvalue weighted by atomic mass is 32.2. The van der Waals surface area contributed by atoms with E-state index in [1.807, 2.05) is 12.1 Å². The van der Waals surface area contributed by atoms with Crippen LogP contribution >= 0.6 is 0 Å². The van der Waals surface area contributed by atoms with Gasteiger partial charge < -0.3 is 15.2 Å². The summed E-state index contributed by atoms with van der Waals surface area (Å²) in [7, 11) is -3.66. The van der Waals surface area contributed by atoms with E-state index in [9.17, 15) is 13.2 Å². The van der Waals surface area contributed by atoms with E-state index < -0.39 is 21.6 Å². The van der Waals surface area contributed by atoms with Crippen LogP contribution in [0.3, 0.4) is 0 Å². The van der Waals surface area contributed by atoms with Gasteiger partial charge in [-0.1, -0.05) is 12.1 Å². The number of ether oxygens (including phenoxy) is 2. The Balaban J connectivity index is 1.92. The van der Waals surface area contributed by atoms with E-state index in [-0.39, 0.29) is 23.9 Å². The van der Waals surface area contributed by atoms with Crippen molar-refractivity contribution in [2.75, 3.05) is 13.2 Å². The van der Waals surface area contributed by atoms with Crippen LogP contribution in [0.15, 0.2) is 53.4 Å². The zero-order chi connectivity index (χ0) is 22.4. The highest BCUT2D eigenvalue weighted by Crippen LogP contribution is 2.20. The van der Waals surface area contributed by atoms with Crippen LogP contribution in [-0.4, -0.2) is 39.0 Å². The SMILES string of the molecule is CCOC(=O)C(C)(C)Oc1ccc(CCNS(=O)(=O)c2ccc(C(=N)N)cc2)cc1. The molecule has 9 heteroatoms. The fourth-order valence-corrected chi connectivity index (χ4v) is 3.62. The first-order valence-corrected chi connectivity index (χ1v) is 10.9. The van der Waals surface area contributed by atoms with Crippen LogP contribution in [0.4, 0.5) is 0 Å². The molecule has 0 saturated carbocycles. The van der Waals surface area contributed by atoms with Gasteiger partial charge in [-0.3, -0.25) is 5.41 Å². The maximum absolute atomic E-state index is 12.4. The molecule has 30 heavy (non-hydrogen) atoms. The molecule has 2 aromatic rings. The van der Waals surface area contributed by atoms with Gasteiger partial charge in [0.2, 0.25) is 10.0 Å². The third kappa shape index (κ3) is 6.30. The zero-order valence-corrected chi connectivity index (χ0v) is 18.1. The molecular formula is C21H27N3O5S. The Morgan fingerprint density at radius 2 is 1.70 bits per heavy atom. The highest BCUT2D eigenvalue weighted by molar-refractivity contribution is 7.89. The van der Waals surface area contributed by atoms with Gasteiger partial charge in [0.15, 0.2) is 5.60 Å². The number of rotatable bonds is 10. The van der Waals surface area contributed by atoms with E-state index in [2.05, 4.69) is 4.72 Å². The Bertz CT molecular complexity index is 984. The normalized spacial score (nSPS) is 11.7. The van der Waals surface area contributed by atoms with Crippen LogP contribution in [0.1, 0.15) is 31.9 Å². The largest absolute Gasteiger partial charge is 0.476 e. The lowest BCUT2D eigenvalue weighted by Gasteiger charge is -2.24. The van der Waals surface area contributed by atoms with Gasteiger partial charge in [0.1, 0.15) is 11.6 Å². The molecule has 0 aromatic heterocycles. The Morgan fingerprint density at radius 3 is 2.23 bits per heavy atom. The van der Waals surface area contributed by atoms with E-state index in [0.717, 1.165) is 5.56 Å². The number of benzene rings is 2. The number of hydrogen-bond acceptors (Lipinski definition) is 6. The van der Waals surface area contributed by atoms with Gasteiger partial charge in [0, 0.05) is 12.1 Å². The maximum atomic E-state index is 12.4. The summed E-state index contributed by atoms with van der Waals surface area (Å²) in [5.41, 5.74) is 5.64. The minimum Gasteiger partial charge on any atom is -0.476 e. The molecule has 162 valence electrons. The number of nitrogen functional groups attached to an aromatic ring is 1. The van der Waals surface area contributed by atoms with Crippen molar-refractivity contribution in [3.63, 3.8) is 0 Å². The molecule has 2 aromatic carbocycles. The van der Waals surface area contributed by atoms with E-state index in [1.165, 1.54) is 24.3 Å². The predicted octanol–water partition coefficient (Wildman–Crippen LogP) is 2.21. The van der Waals surface area contributed by atoms with Crippen molar-refractivity contribution in [3.05, 3.63) is 59.7 Å². The summed E-state index contributed by atoms with van der Waals surface area (Å²) in [5, 5.41) is 7.35. The van der Waals surface area contributed by atoms with Crippen LogP contribution in [0, 0.1) is 5.41 Å². The van der Waals surface area contributed by atoms with Crippen LogP contribution in [0.2, 0.25) is 0 Å². The van der Waals surface area contributed by atoms with Crippen molar-refractivity contribution in [1.82, 2.24) is 4.72 Å². The van der Waals surface area contributed by atoms with Gasteiger partial charge in [0.05, 0.1) is 11.5 Å². The molecule has 2 rings (SSSR count). The van der Waals surface area contributed by atoms with E-state index in [1.54, 1.807) is 32.9 Å². The fourth-order valence-electron chi connectivity index (χ4n) is 2.59. The van der Waals surface area contributed by atoms with Crippen molar-refractivity contribution in [1.29, 1.82) is 5.41 Å². The minimum atomic E-state index is -3.66. The molecule has 0 aliphatic heterocycles. The lowest BCUT2D eigenvalue weighted by atomic mass is 10.1. The summed E-state index contributed by atoms with van der Waals surface area (Å²) in [4.78, 5) is 12.0. The monoisotopic (exact) mass is 433 g/mol. The smallest absolute Gasteiger partial charge is 0.349 e. The molecule has 0 unspecified atom stereocenters. The summed E-state index contributed by atoms with van der Waals surface area (Å²) in [5.74, 6) is -0.0484. The van der Waals surface area contributed by atoms with Gasteiger partial charge in [-0.15, -0.1) is 0 Å². The van der Waals surface area contributed by atoms with Crippen molar-refractivity contribution < 1.29 is 22.7 Å². The van der Waals surface area contributed by atoms with Crippen LogP contribution in [0.5, 0.6) is 5.75 Å². The Labute approximate surface area is 176 Å². The lowest BCUT2D eigenvalue weighted by molar-refractivity contribution is -0.158. The standard InChI is InChI=1S/C21H27N3O5S/c1-4-28-20(25)21(2,3)29-17-9-5-15(6-10-17)13-14-24-30(26,27)18-11-7-16(8-12-18)19(22)23/h5-12,24H,4,13-14H2,1-3H3,(H3,22,23). The third-order valence-corrected chi connectivity index (χ3v) is 5.72. The third-order valence-electron chi connectivity index (χ3n) is 4.24. The fraction of sp³-hybridized carbons (Fsp3) is 0.333. The molecule has 0 bridgehead atoms. The second-order valence-corrected chi connectivity index (χ2v) is 8.83. The molecule has 8 nitrogen and oxygen atoms in total. The summed E-state index contributed by atoms with van der Waals surface area (Å²) in [6.07, 6.45) is 0.478. The van der Waals surface area contributed by atoms with E-state index >= 15 is 0 Å². The van der Waals surface area contributed by atoms with Gasteiger partial charge in [-0.2, -0.15) is 0 Å². The highest BCUT2D eigenvalue weighted by Gasteiger charge is 2.31. The zero-order valence-electron chi connectivity index (χ0n) is 17.3. The molecule has 0 spiro atoms. The average molecular weight is 434 g/mol. The average Bonchev–Trinajstić information content (AvgIpc) is 2.69. The van der Waals surface area contributed by atoms with Gasteiger partial charge in [-0.25, -0.2) is 17.9 Å². The molecule has 4 N–H and O–H groups in total. The summed E-state index contributed by atoms with van der Waals surface area (Å²) in [6.45, 7) is 5.50. The first-order valence-electron chi connectivity index (χ1n) is 9.44. The van der Waals surface area contributed by atoms with Crippen molar-refractivity contribution in [2.45, 2.75) is 37.7 Å². The van der Waals surface area contributed by atoms with Gasteiger partial charge in [0.25, 0.3) is 0 Å². The minimum absolute atomic E-state index is 0.109. The number of amidine groups is 1. The molecule has 0 atom stereocenters. The molecular weight excluding hydrogens is 406 g/mol. The van der Waals surface area contributed by atoms with Crippen molar-refractivity contribution in [3.8, 4) is 5.75 Å². The Morgan fingerprint density at radius 1 is 1.10 bits per heavy atom. The summed E-state index contributed by atoms with van der Waals surface area (Å²) in [6, 6.07) is 12.9. The van der Waals surface area contributed by atoms with Crippen LogP contribution in [-0.2, 0) is 26.0 Å². The second kappa shape index (κ2) is 9.73. The molecule has 0 amide bonds. The maximum Gasteiger partial charge on any atom is 0.349 e. The topological polar surface area (TPSA) is 132 Å². The van der Waals surface area contributed by atoms with Crippen molar-refractivity contribution in [2.24, 2.45) is 5.73 Å². The molecule has 0 aliphatic carbocycles. The van der Waals surface area contributed by atoms with Crippen LogP contribution < -0.4 is 15.2 Å². The first-order chi connectivity index (χ1) is 14.0. The molecule has 0 fully saturated rings. The first kappa shape index (κ1) is 23.4. The van der Waals surface area contributed by atoms with E-state index in [0.29, 0.717) is 17.7 Å². The number of carbonyl (C=O) groups is 1. The van der Waals surface area contributed by atoms with Crippen LogP contribution in [0.25, 0.3) is 0 Å². The molecule has 0 heterocycles. The molecule has 0 saturated heterocycles. The van der Waals surface area contributed by atoms with Gasteiger partial charge in [-0.05, 0) is 69.2 Å². The Hall–Kier alpha value is -2.91. The number of esters is 1. The number of sulfonamides is 1.